The maximum absolute atomic E-state index is 5.07. The maximum Gasteiger partial charge on any atom is 0.0660 e. The van der Waals surface area contributed by atoms with Gasteiger partial charge in [-0.15, -0.1) is 13.0 Å². The van der Waals surface area contributed by atoms with E-state index in [1.807, 2.05) is 6.92 Å². The van der Waals surface area contributed by atoms with Crippen LogP contribution in [0.4, 0.5) is 0 Å². The third-order valence-electron chi connectivity index (χ3n) is 0.818. The van der Waals surface area contributed by atoms with E-state index < -0.39 is 0 Å². The van der Waals surface area contributed by atoms with E-state index in [0.717, 1.165) is 6.54 Å². The third kappa shape index (κ3) is 3.45. The summed E-state index contributed by atoms with van der Waals surface area (Å²) in [4.78, 5) is 0. The minimum Gasteiger partial charge on any atom is -0.300 e. The lowest BCUT2D eigenvalue weighted by atomic mass is 10.3. The van der Waals surface area contributed by atoms with Gasteiger partial charge >= 0.3 is 0 Å². The molecule has 0 bridgehead atoms. The fourth-order valence-corrected chi connectivity index (χ4v) is 0.319. The van der Waals surface area contributed by atoms with Gasteiger partial charge < -0.3 is 5.32 Å². The Hall–Kier alpha value is -0.740. The minimum atomic E-state index is 0.160. The van der Waals surface area contributed by atoms with Gasteiger partial charge in [0, 0.05) is 6.54 Å². The first-order chi connectivity index (χ1) is 3.81. The minimum absolute atomic E-state index is 0.160. The molecule has 0 heterocycles. The lowest BCUT2D eigenvalue weighted by Gasteiger charge is -2.01. The SMILES string of the molecule is C#CC(C)NCC=C. The predicted octanol–water partition coefficient (Wildman–Crippen LogP) is 0.784. The van der Waals surface area contributed by atoms with Crippen molar-refractivity contribution in [2.45, 2.75) is 13.0 Å². The van der Waals surface area contributed by atoms with Gasteiger partial charge in [0.15, 0.2) is 0 Å². The van der Waals surface area contributed by atoms with Crippen LogP contribution in [0.1, 0.15) is 6.92 Å². The summed E-state index contributed by atoms with van der Waals surface area (Å²) in [5.74, 6) is 2.54. The van der Waals surface area contributed by atoms with E-state index >= 15 is 0 Å². The molecule has 0 saturated heterocycles. The molecule has 0 aromatic carbocycles. The molecule has 1 N–H and O–H groups in total. The van der Waals surface area contributed by atoms with Gasteiger partial charge in [-0.1, -0.05) is 12.0 Å². The first-order valence-corrected chi connectivity index (χ1v) is 2.61. The van der Waals surface area contributed by atoms with Gasteiger partial charge in [0.25, 0.3) is 0 Å². The molecule has 0 spiro atoms. The highest BCUT2D eigenvalue weighted by Gasteiger charge is 1.87. The van der Waals surface area contributed by atoms with E-state index in [0.29, 0.717) is 0 Å². The second kappa shape index (κ2) is 4.42. The summed E-state index contributed by atoms with van der Waals surface area (Å²) in [5, 5.41) is 3.03. The van der Waals surface area contributed by atoms with Crippen LogP contribution in [0, 0.1) is 12.3 Å². The van der Waals surface area contributed by atoms with Crippen molar-refractivity contribution in [2.75, 3.05) is 6.54 Å². The second-order valence-electron chi connectivity index (χ2n) is 1.59. The smallest absolute Gasteiger partial charge is 0.0660 e. The Morgan fingerprint density at radius 2 is 2.62 bits per heavy atom. The average Bonchev–Trinajstić information content (AvgIpc) is 1.83. The van der Waals surface area contributed by atoms with Crippen LogP contribution in [0.3, 0.4) is 0 Å². The highest BCUT2D eigenvalue weighted by Crippen LogP contribution is 1.73. The summed E-state index contributed by atoms with van der Waals surface area (Å²) in [6, 6.07) is 0.160. The Balaban J connectivity index is 3.14. The number of rotatable bonds is 3. The van der Waals surface area contributed by atoms with Gasteiger partial charge in [-0.05, 0) is 6.92 Å². The van der Waals surface area contributed by atoms with Crippen molar-refractivity contribution in [2.24, 2.45) is 0 Å². The highest BCUT2D eigenvalue weighted by molar-refractivity contribution is 4.96. The lowest BCUT2D eigenvalue weighted by molar-refractivity contribution is 0.704. The van der Waals surface area contributed by atoms with Crippen molar-refractivity contribution in [1.82, 2.24) is 5.32 Å². The summed E-state index contributed by atoms with van der Waals surface area (Å²) in [5.41, 5.74) is 0. The first-order valence-electron chi connectivity index (χ1n) is 2.61. The number of terminal acetylenes is 1. The second-order valence-corrected chi connectivity index (χ2v) is 1.59. The molecule has 0 aromatic heterocycles. The van der Waals surface area contributed by atoms with Gasteiger partial charge in [0.2, 0.25) is 0 Å². The van der Waals surface area contributed by atoms with Crippen molar-refractivity contribution >= 4 is 0 Å². The van der Waals surface area contributed by atoms with E-state index in [2.05, 4.69) is 17.8 Å². The van der Waals surface area contributed by atoms with Gasteiger partial charge in [0.1, 0.15) is 0 Å². The van der Waals surface area contributed by atoms with Crippen LogP contribution in [-0.2, 0) is 0 Å². The molecule has 0 aliphatic carbocycles. The molecule has 1 nitrogen and oxygen atoms in total. The van der Waals surface area contributed by atoms with Crippen LogP contribution >= 0.6 is 0 Å². The molecule has 0 fully saturated rings. The van der Waals surface area contributed by atoms with Crippen molar-refractivity contribution in [1.29, 1.82) is 0 Å². The number of hydrogen-bond acceptors (Lipinski definition) is 1. The third-order valence-corrected chi connectivity index (χ3v) is 0.818. The van der Waals surface area contributed by atoms with E-state index in [9.17, 15) is 0 Å². The fraction of sp³-hybridized carbons (Fsp3) is 0.429. The molecule has 0 saturated carbocycles. The zero-order chi connectivity index (χ0) is 6.41. The number of hydrogen-bond donors (Lipinski definition) is 1. The topological polar surface area (TPSA) is 12.0 Å². The van der Waals surface area contributed by atoms with Gasteiger partial charge in [-0.2, -0.15) is 0 Å². The van der Waals surface area contributed by atoms with Gasteiger partial charge in [-0.3, -0.25) is 0 Å². The Morgan fingerprint density at radius 1 is 2.00 bits per heavy atom. The zero-order valence-electron chi connectivity index (χ0n) is 5.15. The molecular formula is C7H11N. The summed E-state index contributed by atoms with van der Waals surface area (Å²) in [7, 11) is 0. The quantitative estimate of drug-likeness (QED) is 0.417. The summed E-state index contributed by atoms with van der Waals surface area (Å²) < 4.78 is 0. The van der Waals surface area contributed by atoms with E-state index in [1.54, 1.807) is 6.08 Å². The van der Waals surface area contributed by atoms with Crippen molar-refractivity contribution in [3.8, 4) is 12.3 Å². The summed E-state index contributed by atoms with van der Waals surface area (Å²) in [6.45, 7) is 6.25. The number of nitrogens with one attached hydrogen (secondary N) is 1. The normalized spacial score (nSPS) is 12.0. The van der Waals surface area contributed by atoms with Crippen LogP contribution < -0.4 is 5.32 Å². The average molecular weight is 109 g/mol. The first kappa shape index (κ1) is 7.26. The summed E-state index contributed by atoms with van der Waals surface area (Å²) in [6.07, 6.45) is 6.85. The monoisotopic (exact) mass is 109 g/mol. The largest absolute Gasteiger partial charge is 0.300 e. The van der Waals surface area contributed by atoms with E-state index in [-0.39, 0.29) is 6.04 Å². The Kier molecular flexibility index (Phi) is 4.01. The molecule has 0 aliphatic rings. The Bertz CT molecular complexity index is 99.4. The summed E-state index contributed by atoms with van der Waals surface area (Å²) >= 11 is 0. The lowest BCUT2D eigenvalue weighted by Crippen LogP contribution is -2.23. The predicted molar refractivity (Wildman–Crippen MR) is 36.5 cm³/mol. The molecule has 0 radical (unpaired) electrons. The molecule has 1 unspecified atom stereocenters. The van der Waals surface area contributed by atoms with Crippen LogP contribution in [0.5, 0.6) is 0 Å². The molecule has 1 atom stereocenters. The van der Waals surface area contributed by atoms with Gasteiger partial charge in [0.05, 0.1) is 6.04 Å². The molecule has 0 aliphatic heterocycles. The maximum atomic E-state index is 5.07. The van der Waals surface area contributed by atoms with Crippen LogP contribution in [0.25, 0.3) is 0 Å². The molecule has 0 amide bonds. The molecule has 44 valence electrons. The van der Waals surface area contributed by atoms with E-state index in [4.69, 9.17) is 6.42 Å². The molecule has 1 heteroatoms. The molecule has 0 aromatic rings. The highest BCUT2D eigenvalue weighted by atomic mass is 14.9. The van der Waals surface area contributed by atoms with Crippen LogP contribution in [0.2, 0.25) is 0 Å². The zero-order valence-corrected chi connectivity index (χ0v) is 5.15. The Labute approximate surface area is 50.8 Å². The Morgan fingerprint density at radius 3 is 3.00 bits per heavy atom. The molecule has 8 heavy (non-hydrogen) atoms. The molecule has 0 rings (SSSR count). The van der Waals surface area contributed by atoms with Gasteiger partial charge in [-0.25, -0.2) is 0 Å². The fourth-order valence-electron chi connectivity index (χ4n) is 0.319. The van der Waals surface area contributed by atoms with Crippen molar-refractivity contribution < 1.29 is 0 Å². The van der Waals surface area contributed by atoms with Crippen LogP contribution in [0.15, 0.2) is 12.7 Å². The molecular weight excluding hydrogens is 98.1 g/mol. The van der Waals surface area contributed by atoms with Crippen molar-refractivity contribution in [3.63, 3.8) is 0 Å². The van der Waals surface area contributed by atoms with E-state index in [1.165, 1.54) is 0 Å². The van der Waals surface area contributed by atoms with Crippen molar-refractivity contribution in [3.05, 3.63) is 12.7 Å². The van der Waals surface area contributed by atoms with Crippen LogP contribution in [-0.4, -0.2) is 12.6 Å². The standard InChI is InChI=1S/C7H11N/c1-4-6-8-7(3)5-2/h2,4,7-8H,1,6H2,3H3.